The average molecular weight is 562 g/mol. The van der Waals surface area contributed by atoms with Crippen molar-refractivity contribution >= 4 is 21.8 Å². The van der Waals surface area contributed by atoms with Gasteiger partial charge in [-0.1, -0.05) is 42.5 Å². The van der Waals surface area contributed by atoms with Crippen LogP contribution in [0.4, 0.5) is 4.79 Å². The van der Waals surface area contributed by atoms with Crippen LogP contribution in [0.5, 0.6) is 0 Å². The largest absolute Gasteiger partial charge is 0.441 e. The number of hydrogen-bond acceptors (Lipinski definition) is 8. The van der Waals surface area contributed by atoms with Gasteiger partial charge in [0.25, 0.3) is 0 Å². The number of hydrogen-bond donors (Lipinski definition) is 2. The minimum atomic E-state index is -3.28. The number of likely N-dealkylation sites (tertiary alicyclic amines) is 1. The van der Waals surface area contributed by atoms with Gasteiger partial charge in [0.15, 0.2) is 9.84 Å². The fraction of sp³-hybridized carbons (Fsp3) is 0.500. The SMILES string of the molecule is CCN(C(=O)Cc1ccc(S(C)(=O)=O)cc1)C1CCN(CCC(OC(=O)N(CO)CO)c2ccccc2)CC1. The van der Waals surface area contributed by atoms with E-state index in [0.29, 0.717) is 19.5 Å². The molecule has 0 radical (unpaired) electrons. The van der Waals surface area contributed by atoms with E-state index in [1.807, 2.05) is 42.2 Å². The Morgan fingerprint density at radius 1 is 1.03 bits per heavy atom. The minimum absolute atomic E-state index is 0.0245. The van der Waals surface area contributed by atoms with Gasteiger partial charge in [-0.25, -0.2) is 13.2 Å². The second-order valence-electron chi connectivity index (χ2n) is 9.74. The molecule has 1 aliphatic heterocycles. The van der Waals surface area contributed by atoms with Crippen molar-refractivity contribution in [3.63, 3.8) is 0 Å². The molecule has 0 aromatic heterocycles. The molecule has 11 heteroatoms. The van der Waals surface area contributed by atoms with Crippen LogP contribution in [-0.2, 0) is 25.8 Å². The van der Waals surface area contributed by atoms with Gasteiger partial charge in [0.2, 0.25) is 5.91 Å². The fourth-order valence-electron chi connectivity index (χ4n) is 4.84. The Morgan fingerprint density at radius 3 is 2.18 bits per heavy atom. The summed E-state index contributed by atoms with van der Waals surface area (Å²) >= 11 is 0. The van der Waals surface area contributed by atoms with Crippen molar-refractivity contribution in [3.05, 3.63) is 65.7 Å². The molecule has 1 fully saturated rings. The van der Waals surface area contributed by atoms with Crippen LogP contribution in [0.25, 0.3) is 0 Å². The van der Waals surface area contributed by atoms with Crippen LogP contribution >= 0.6 is 0 Å². The summed E-state index contributed by atoms with van der Waals surface area (Å²) in [5.41, 5.74) is 1.62. The Hall–Kier alpha value is -2.99. The highest BCUT2D eigenvalue weighted by atomic mass is 32.2. The highest BCUT2D eigenvalue weighted by Gasteiger charge is 2.28. The van der Waals surface area contributed by atoms with Crippen molar-refractivity contribution < 1.29 is 33.0 Å². The van der Waals surface area contributed by atoms with Gasteiger partial charge in [-0.15, -0.1) is 0 Å². The maximum atomic E-state index is 13.1. The predicted molar refractivity (Wildman–Crippen MR) is 146 cm³/mol. The maximum absolute atomic E-state index is 13.1. The molecule has 0 aliphatic carbocycles. The molecule has 0 saturated carbocycles. The average Bonchev–Trinajstić information content (AvgIpc) is 2.93. The van der Waals surface area contributed by atoms with E-state index in [1.54, 1.807) is 12.1 Å². The quantitative estimate of drug-likeness (QED) is 0.378. The standard InChI is InChI=1S/C28H39N3O7S/c1-3-31(27(34)19-22-9-11-25(12-10-22)39(2,36)37)24-13-16-29(17-14-24)18-15-26(23-7-5-4-6-8-23)38-28(35)30(20-32)21-33/h4-12,24,26,32-33H,3,13-21H2,1-2H3. The highest BCUT2D eigenvalue weighted by molar-refractivity contribution is 7.90. The summed E-state index contributed by atoms with van der Waals surface area (Å²) in [5.74, 6) is 0.0245. The predicted octanol–water partition coefficient (Wildman–Crippen LogP) is 2.42. The van der Waals surface area contributed by atoms with Gasteiger partial charge < -0.3 is 24.7 Å². The molecule has 2 amide bonds. The zero-order chi connectivity index (χ0) is 28.4. The summed E-state index contributed by atoms with van der Waals surface area (Å²) in [4.78, 5) is 30.7. The first kappa shape index (κ1) is 30.6. The van der Waals surface area contributed by atoms with Crippen molar-refractivity contribution in [1.29, 1.82) is 0 Å². The zero-order valence-electron chi connectivity index (χ0n) is 22.6. The number of ether oxygens (including phenoxy) is 1. The molecule has 2 aromatic rings. The molecule has 2 N–H and O–H groups in total. The molecular formula is C28H39N3O7S. The Kier molecular flexibility index (Phi) is 11.3. The van der Waals surface area contributed by atoms with Crippen LogP contribution in [0.3, 0.4) is 0 Å². The number of aliphatic hydroxyl groups excluding tert-OH is 2. The lowest BCUT2D eigenvalue weighted by molar-refractivity contribution is -0.133. The lowest BCUT2D eigenvalue weighted by Crippen LogP contribution is -2.48. The second-order valence-corrected chi connectivity index (χ2v) is 11.8. The number of carbonyl (C=O) groups is 2. The first-order valence-electron chi connectivity index (χ1n) is 13.2. The summed E-state index contributed by atoms with van der Waals surface area (Å²) < 4.78 is 29.0. The second kappa shape index (κ2) is 14.4. The molecule has 0 spiro atoms. The number of sulfone groups is 1. The van der Waals surface area contributed by atoms with Gasteiger partial charge in [-0.2, -0.15) is 0 Å². The van der Waals surface area contributed by atoms with E-state index in [-0.39, 0.29) is 23.3 Å². The third-order valence-corrected chi connectivity index (χ3v) is 8.22. The minimum Gasteiger partial charge on any atom is -0.441 e. The Balaban J connectivity index is 1.54. The lowest BCUT2D eigenvalue weighted by Gasteiger charge is -2.38. The number of amides is 2. The number of likely N-dealkylation sites (N-methyl/N-ethyl adjacent to an activating group) is 1. The number of rotatable bonds is 12. The normalized spacial score (nSPS) is 15.5. The van der Waals surface area contributed by atoms with Crippen LogP contribution in [-0.4, -0.2) is 97.3 Å². The van der Waals surface area contributed by atoms with E-state index >= 15 is 0 Å². The molecule has 1 aliphatic rings. The summed E-state index contributed by atoms with van der Waals surface area (Å²) in [6, 6.07) is 16.0. The molecule has 0 bridgehead atoms. The maximum Gasteiger partial charge on any atom is 0.414 e. The van der Waals surface area contributed by atoms with Crippen molar-refractivity contribution in [2.24, 2.45) is 0 Å². The number of aliphatic hydroxyl groups is 2. The Bertz CT molecular complexity index is 1160. The van der Waals surface area contributed by atoms with Crippen molar-refractivity contribution in [2.75, 3.05) is 45.9 Å². The number of carbonyl (C=O) groups excluding carboxylic acids is 2. The molecular weight excluding hydrogens is 522 g/mol. The third kappa shape index (κ3) is 8.76. The van der Waals surface area contributed by atoms with Crippen LogP contribution in [0, 0.1) is 0 Å². The number of piperidine rings is 1. The van der Waals surface area contributed by atoms with Crippen LogP contribution in [0.2, 0.25) is 0 Å². The molecule has 1 unspecified atom stereocenters. The van der Waals surface area contributed by atoms with Crippen LogP contribution in [0.1, 0.15) is 43.4 Å². The van der Waals surface area contributed by atoms with E-state index in [0.717, 1.165) is 48.2 Å². The smallest absolute Gasteiger partial charge is 0.414 e. The molecule has 214 valence electrons. The fourth-order valence-corrected chi connectivity index (χ4v) is 5.47. The first-order chi connectivity index (χ1) is 18.7. The van der Waals surface area contributed by atoms with Crippen molar-refractivity contribution in [1.82, 2.24) is 14.7 Å². The Labute approximate surface area is 230 Å². The summed E-state index contributed by atoms with van der Waals surface area (Å²) in [5, 5.41) is 18.5. The van der Waals surface area contributed by atoms with Gasteiger partial charge >= 0.3 is 6.09 Å². The van der Waals surface area contributed by atoms with Gasteiger partial charge in [0.05, 0.1) is 11.3 Å². The van der Waals surface area contributed by atoms with E-state index in [1.165, 1.54) is 12.1 Å². The highest BCUT2D eigenvalue weighted by Crippen LogP contribution is 2.25. The Morgan fingerprint density at radius 2 is 1.64 bits per heavy atom. The molecule has 10 nitrogen and oxygen atoms in total. The topological polar surface area (TPSA) is 128 Å². The zero-order valence-corrected chi connectivity index (χ0v) is 23.4. The third-order valence-electron chi connectivity index (χ3n) is 7.09. The van der Waals surface area contributed by atoms with E-state index < -0.39 is 35.5 Å². The molecule has 2 aromatic carbocycles. The number of nitrogens with zero attached hydrogens (tertiary/aromatic N) is 3. The summed E-state index contributed by atoms with van der Waals surface area (Å²) in [6.45, 7) is 3.58. The monoisotopic (exact) mass is 561 g/mol. The van der Waals surface area contributed by atoms with Gasteiger partial charge in [0.1, 0.15) is 19.6 Å². The van der Waals surface area contributed by atoms with Gasteiger partial charge in [0, 0.05) is 44.9 Å². The van der Waals surface area contributed by atoms with Crippen molar-refractivity contribution in [2.45, 2.75) is 49.6 Å². The van der Waals surface area contributed by atoms with Crippen LogP contribution in [0.15, 0.2) is 59.5 Å². The van der Waals surface area contributed by atoms with Crippen LogP contribution < -0.4 is 0 Å². The molecule has 1 heterocycles. The number of benzene rings is 2. The summed E-state index contributed by atoms with van der Waals surface area (Å²) in [7, 11) is -3.28. The van der Waals surface area contributed by atoms with E-state index in [4.69, 9.17) is 4.74 Å². The van der Waals surface area contributed by atoms with Gasteiger partial charge in [-0.3, -0.25) is 9.69 Å². The van der Waals surface area contributed by atoms with Gasteiger partial charge in [-0.05, 0) is 43.0 Å². The molecule has 1 saturated heterocycles. The van der Waals surface area contributed by atoms with E-state index in [9.17, 15) is 28.2 Å². The first-order valence-corrected chi connectivity index (χ1v) is 15.1. The lowest BCUT2D eigenvalue weighted by atomic mass is 10.0. The summed E-state index contributed by atoms with van der Waals surface area (Å²) in [6.07, 6.45) is 2.27. The molecule has 3 rings (SSSR count). The van der Waals surface area contributed by atoms with Crippen molar-refractivity contribution in [3.8, 4) is 0 Å². The molecule has 1 atom stereocenters. The van der Waals surface area contributed by atoms with E-state index in [2.05, 4.69) is 4.90 Å². The molecule has 39 heavy (non-hydrogen) atoms.